The lowest BCUT2D eigenvalue weighted by Crippen LogP contribution is -2.36. The lowest BCUT2D eigenvalue weighted by molar-refractivity contribution is -0.120. The topological polar surface area (TPSA) is 104 Å². The fourth-order valence-corrected chi connectivity index (χ4v) is 3.18. The van der Waals surface area contributed by atoms with Crippen LogP contribution in [0, 0.1) is 0 Å². The fourth-order valence-electron chi connectivity index (χ4n) is 3.18. The van der Waals surface area contributed by atoms with E-state index >= 15 is 0 Å². The SMILES string of the molecule is COc1cc(C(=O)NCC(=O)NCc2ccccc2Cn2cccn2)cc(OC)c1OC. The predicted octanol–water partition coefficient (Wildman–Crippen LogP) is 2.00. The van der Waals surface area contributed by atoms with Crippen molar-refractivity contribution in [2.24, 2.45) is 0 Å². The molecule has 0 aliphatic carbocycles. The molecule has 0 bridgehead atoms. The molecule has 0 radical (unpaired) electrons. The van der Waals surface area contributed by atoms with Gasteiger partial charge in [0, 0.05) is 24.5 Å². The Bertz CT molecular complexity index is 1040. The molecule has 1 aromatic heterocycles. The number of hydrogen-bond donors (Lipinski definition) is 2. The number of benzene rings is 2. The van der Waals surface area contributed by atoms with Crippen LogP contribution in [0.5, 0.6) is 17.2 Å². The summed E-state index contributed by atoms with van der Waals surface area (Å²) >= 11 is 0. The van der Waals surface area contributed by atoms with E-state index in [2.05, 4.69) is 15.7 Å². The molecule has 1 heterocycles. The van der Waals surface area contributed by atoms with E-state index < -0.39 is 5.91 Å². The molecule has 3 aromatic rings. The zero-order valence-corrected chi connectivity index (χ0v) is 18.3. The number of methoxy groups -OCH3 is 3. The molecule has 0 atom stereocenters. The minimum Gasteiger partial charge on any atom is -0.493 e. The second-order valence-corrected chi connectivity index (χ2v) is 6.85. The van der Waals surface area contributed by atoms with Gasteiger partial charge < -0.3 is 24.8 Å². The first-order valence-corrected chi connectivity index (χ1v) is 9.94. The number of carbonyl (C=O) groups excluding carboxylic acids is 2. The molecule has 0 unspecified atom stereocenters. The summed E-state index contributed by atoms with van der Waals surface area (Å²) in [6, 6.07) is 12.7. The molecule has 0 aliphatic heterocycles. The number of carbonyl (C=O) groups is 2. The second kappa shape index (κ2) is 10.9. The Kier molecular flexibility index (Phi) is 7.69. The quantitative estimate of drug-likeness (QED) is 0.502. The van der Waals surface area contributed by atoms with Crippen molar-refractivity contribution < 1.29 is 23.8 Å². The Morgan fingerprint density at radius 1 is 0.938 bits per heavy atom. The Morgan fingerprint density at radius 2 is 1.62 bits per heavy atom. The van der Waals surface area contributed by atoms with Crippen LogP contribution in [0.15, 0.2) is 54.9 Å². The molecular weight excluding hydrogens is 412 g/mol. The van der Waals surface area contributed by atoms with Gasteiger partial charge in [0.15, 0.2) is 11.5 Å². The molecule has 2 aromatic carbocycles. The highest BCUT2D eigenvalue weighted by molar-refractivity contribution is 5.97. The van der Waals surface area contributed by atoms with Gasteiger partial charge in [0.25, 0.3) is 5.91 Å². The van der Waals surface area contributed by atoms with Crippen LogP contribution >= 0.6 is 0 Å². The van der Waals surface area contributed by atoms with Crippen molar-refractivity contribution in [1.29, 1.82) is 0 Å². The van der Waals surface area contributed by atoms with E-state index in [1.165, 1.54) is 33.5 Å². The highest BCUT2D eigenvalue weighted by Crippen LogP contribution is 2.38. The lowest BCUT2D eigenvalue weighted by atomic mass is 10.1. The third-order valence-corrected chi connectivity index (χ3v) is 4.82. The Morgan fingerprint density at radius 3 is 2.22 bits per heavy atom. The molecule has 0 spiro atoms. The largest absolute Gasteiger partial charge is 0.493 e. The first kappa shape index (κ1) is 22.7. The molecule has 0 aliphatic rings. The standard InChI is InChI=1S/C23H26N4O5/c1-30-19-11-18(12-20(31-2)22(19)32-3)23(29)25-14-21(28)24-13-16-7-4-5-8-17(16)15-27-10-6-9-26-27/h4-12H,13-15H2,1-3H3,(H,24,28)(H,25,29). The van der Waals surface area contributed by atoms with Gasteiger partial charge in [-0.15, -0.1) is 0 Å². The minimum atomic E-state index is -0.432. The average molecular weight is 438 g/mol. The first-order valence-electron chi connectivity index (χ1n) is 9.94. The van der Waals surface area contributed by atoms with Gasteiger partial charge in [-0.1, -0.05) is 24.3 Å². The van der Waals surface area contributed by atoms with Crippen molar-refractivity contribution >= 4 is 11.8 Å². The number of rotatable bonds is 10. The van der Waals surface area contributed by atoms with E-state index in [1.807, 2.05) is 41.2 Å². The number of aromatic nitrogens is 2. The third-order valence-electron chi connectivity index (χ3n) is 4.82. The molecule has 0 saturated carbocycles. The van der Waals surface area contributed by atoms with Gasteiger partial charge in [-0.3, -0.25) is 14.3 Å². The van der Waals surface area contributed by atoms with Crippen molar-refractivity contribution in [3.8, 4) is 17.2 Å². The molecule has 2 amide bonds. The van der Waals surface area contributed by atoms with E-state index in [0.717, 1.165) is 11.1 Å². The summed E-state index contributed by atoms with van der Waals surface area (Å²) in [6.45, 7) is 0.782. The van der Waals surface area contributed by atoms with Crippen molar-refractivity contribution in [2.45, 2.75) is 13.1 Å². The zero-order chi connectivity index (χ0) is 22.9. The molecule has 2 N–H and O–H groups in total. The van der Waals surface area contributed by atoms with Crippen LogP contribution < -0.4 is 24.8 Å². The summed E-state index contributed by atoms with van der Waals surface area (Å²) in [5.74, 6) is 0.363. The van der Waals surface area contributed by atoms with Crippen LogP contribution in [0.1, 0.15) is 21.5 Å². The van der Waals surface area contributed by atoms with Crippen LogP contribution in [-0.2, 0) is 17.9 Å². The van der Waals surface area contributed by atoms with Gasteiger partial charge in [-0.05, 0) is 29.3 Å². The molecule has 32 heavy (non-hydrogen) atoms. The molecule has 9 nitrogen and oxygen atoms in total. The molecule has 9 heteroatoms. The van der Waals surface area contributed by atoms with Crippen LogP contribution in [0.25, 0.3) is 0 Å². The molecular formula is C23H26N4O5. The maximum absolute atomic E-state index is 12.5. The Labute approximate surface area is 186 Å². The van der Waals surface area contributed by atoms with Gasteiger partial charge in [0.2, 0.25) is 11.7 Å². The highest BCUT2D eigenvalue weighted by atomic mass is 16.5. The zero-order valence-electron chi connectivity index (χ0n) is 18.3. The summed E-state index contributed by atoms with van der Waals surface area (Å²) in [4.78, 5) is 24.9. The smallest absolute Gasteiger partial charge is 0.251 e. The van der Waals surface area contributed by atoms with Crippen LogP contribution in [0.3, 0.4) is 0 Å². The number of hydrogen-bond acceptors (Lipinski definition) is 6. The van der Waals surface area contributed by atoms with E-state index in [1.54, 1.807) is 6.20 Å². The maximum atomic E-state index is 12.5. The average Bonchev–Trinajstić information content (AvgIpc) is 3.34. The summed E-state index contributed by atoms with van der Waals surface area (Å²) in [5.41, 5.74) is 2.32. The highest BCUT2D eigenvalue weighted by Gasteiger charge is 2.17. The fraction of sp³-hybridized carbons (Fsp3) is 0.261. The number of nitrogens with one attached hydrogen (secondary N) is 2. The van der Waals surface area contributed by atoms with Crippen LogP contribution in [0.2, 0.25) is 0 Å². The van der Waals surface area contributed by atoms with Crippen molar-refractivity contribution in [3.05, 3.63) is 71.5 Å². The van der Waals surface area contributed by atoms with Crippen LogP contribution in [-0.4, -0.2) is 49.5 Å². The van der Waals surface area contributed by atoms with Crippen LogP contribution in [0.4, 0.5) is 0 Å². The Hall–Kier alpha value is -4.01. The summed E-state index contributed by atoms with van der Waals surface area (Å²) in [7, 11) is 4.42. The van der Waals surface area contributed by atoms with Gasteiger partial charge >= 0.3 is 0 Å². The van der Waals surface area contributed by atoms with Gasteiger partial charge in [0.1, 0.15) is 0 Å². The monoisotopic (exact) mass is 438 g/mol. The number of ether oxygens (including phenoxy) is 3. The molecule has 0 saturated heterocycles. The normalized spacial score (nSPS) is 10.3. The predicted molar refractivity (Wildman–Crippen MR) is 118 cm³/mol. The number of nitrogens with zero attached hydrogens (tertiary/aromatic N) is 2. The summed E-state index contributed by atoms with van der Waals surface area (Å²) in [5, 5.41) is 9.66. The van der Waals surface area contributed by atoms with Crippen molar-refractivity contribution in [1.82, 2.24) is 20.4 Å². The number of amides is 2. The molecule has 168 valence electrons. The van der Waals surface area contributed by atoms with Crippen molar-refractivity contribution in [2.75, 3.05) is 27.9 Å². The lowest BCUT2D eigenvalue weighted by Gasteiger charge is -2.14. The van der Waals surface area contributed by atoms with Gasteiger partial charge in [-0.25, -0.2) is 0 Å². The second-order valence-electron chi connectivity index (χ2n) is 6.85. The van der Waals surface area contributed by atoms with Crippen molar-refractivity contribution in [3.63, 3.8) is 0 Å². The van der Waals surface area contributed by atoms with E-state index in [-0.39, 0.29) is 18.0 Å². The summed E-state index contributed by atoms with van der Waals surface area (Å²) < 4.78 is 17.6. The van der Waals surface area contributed by atoms with E-state index in [0.29, 0.717) is 30.3 Å². The molecule has 0 fully saturated rings. The Balaban J connectivity index is 1.57. The van der Waals surface area contributed by atoms with Gasteiger partial charge in [-0.2, -0.15) is 5.10 Å². The first-order chi connectivity index (χ1) is 15.5. The van der Waals surface area contributed by atoms with Gasteiger partial charge in [0.05, 0.1) is 34.4 Å². The summed E-state index contributed by atoms with van der Waals surface area (Å²) in [6.07, 6.45) is 3.61. The minimum absolute atomic E-state index is 0.170. The maximum Gasteiger partial charge on any atom is 0.251 e. The van der Waals surface area contributed by atoms with E-state index in [9.17, 15) is 9.59 Å². The molecule has 3 rings (SSSR count). The van der Waals surface area contributed by atoms with E-state index in [4.69, 9.17) is 14.2 Å². The third kappa shape index (κ3) is 5.57.